The standard InChI is InChI=1S/C7H5O4/c8-4-2-1-3-5(9)6(4)7(10)11/h1-2,8-9H,(H,10,11). The van der Waals surface area contributed by atoms with Gasteiger partial charge in [-0.15, -0.1) is 0 Å². The van der Waals surface area contributed by atoms with E-state index in [1.807, 2.05) is 0 Å². The van der Waals surface area contributed by atoms with E-state index in [-0.39, 0.29) is 0 Å². The van der Waals surface area contributed by atoms with Crippen molar-refractivity contribution in [1.82, 2.24) is 0 Å². The molecule has 0 bridgehead atoms. The third-order valence-corrected chi connectivity index (χ3v) is 1.17. The number of hydrogen-bond donors (Lipinski definition) is 3. The highest BCUT2D eigenvalue weighted by atomic mass is 16.4. The van der Waals surface area contributed by atoms with Crippen molar-refractivity contribution >= 4 is 5.97 Å². The van der Waals surface area contributed by atoms with Crippen LogP contribution in [-0.2, 0) is 0 Å². The maximum Gasteiger partial charge on any atom is 0.343 e. The Labute approximate surface area is 62.3 Å². The molecule has 0 saturated carbocycles. The first-order valence-electron chi connectivity index (χ1n) is 2.79. The first-order valence-corrected chi connectivity index (χ1v) is 2.79. The largest absolute Gasteiger partial charge is 0.507 e. The van der Waals surface area contributed by atoms with Crippen molar-refractivity contribution in [3.63, 3.8) is 0 Å². The molecule has 0 aromatic heterocycles. The van der Waals surface area contributed by atoms with Crippen LogP contribution >= 0.6 is 0 Å². The van der Waals surface area contributed by atoms with Gasteiger partial charge in [0.05, 0.1) is 0 Å². The summed E-state index contributed by atoms with van der Waals surface area (Å²) in [6.07, 6.45) is 0. The SMILES string of the molecule is O=C(O)c1c(O)[c]ccc1O. The van der Waals surface area contributed by atoms with Crippen molar-refractivity contribution in [2.24, 2.45) is 0 Å². The quantitative estimate of drug-likeness (QED) is 0.552. The van der Waals surface area contributed by atoms with Gasteiger partial charge in [-0.1, -0.05) is 0 Å². The van der Waals surface area contributed by atoms with E-state index in [1.165, 1.54) is 6.07 Å². The summed E-state index contributed by atoms with van der Waals surface area (Å²) in [7, 11) is 0. The van der Waals surface area contributed by atoms with Gasteiger partial charge in [-0.3, -0.25) is 0 Å². The molecule has 4 heteroatoms. The van der Waals surface area contributed by atoms with Crippen molar-refractivity contribution < 1.29 is 20.1 Å². The van der Waals surface area contributed by atoms with Crippen LogP contribution < -0.4 is 0 Å². The molecule has 11 heavy (non-hydrogen) atoms. The summed E-state index contributed by atoms with van der Waals surface area (Å²) in [5.74, 6) is -2.40. The predicted octanol–water partition coefficient (Wildman–Crippen LogP) is 0.596. The normalized spacial score (nSPS) is 9.45. The Morgan fingerprint density at radius 2 is 2.09 bits per heavy atom. The summed E-state index contributed by atoms with van der Waals surface area (Å²) in [6, 6.07) is 4.61. The molecule has 0 unspecified atom stereocenters. The molecule has 0 amide bonds. The Morgan fingerprint density at radius 3 is 2.45 bits per heavy atom. The molecule has 1 radical (unpaired) electrons. The van der Waals surface area contributed by atoms with E-state index in [2.05, 4.69) is 6.07 Å². The first kappa shape index (κ1) is 7.40. The molecular formula is C7H5O4. The number of carbonyl (C=O) groups is 1. The minimum absolute atomic E-state index is 0.464. The topological polar surface area (TPSA) is 77.8 Å². The maximum atomic E-state index is 10.3. The molecule has 0 aliphatic rings. The third-order valence-electron chi connectivity index (χ3n) is 1.17. The van der Waals surface area contributed by atoms with Gasteiger partial charge < -0.3 is 15.3 Å². The number of hydrogen-bond acceptors (Lipinski definition) is 3. The molecule has 0 aliphatic carbocycles. The Hall–Kier alpha value is -1.71. The highest BCUT2D eigenvalue weighted by molar-refractivity contribution is 5.93. The Morgan fingerprint density at radius 1 is 1.45 bits per heavy atom. The van der Waals surface area contributed by atoms with Crippen LogP contribution in [0, 0.1) is 6.07 Å². The van der Waals surface area contributed by atoms with Gasteiger partial charge in [-0.2, -0.15) is 0 Å². The first-order chi connectivity index (χ1) is 5.13. The molecule has 0 aliphatic heterocycles. The summed E-state index contributed by atoms with van der Waals surface area (Å²) in [4.78, 5) is 10.3. The molecule has 0 fully saturated rings. The molecule has 0 atom stereocenters. The van der Waals surface area contributed by atoms with Crippen molar-refractivity contribution in [2.75, 3.05) is 0 Å². The van der Waals surface area contributed by atoms with E-state index in [4.69, 9.17) is 15.3 Å². The van der Waals surface area contributed by atoms with Crippen molar-refractivity contribution in [1.29, 1.82) is 0 Å². The average molecular weight is 153 g/mol. The van der Waals surface area contributed by atoms with Gasteiger partial charge in [0.15, 0.2) is 0 Å². The van der Waals surface area contributed by atoms with Crippen LogP contribution in [-0.4, -0.2) is 21.3 Å². The molecule has 1 aromatic rings. The minimum atomic E-state index is -1.38. The Bertz CT molecular complexity index is 272. The second kappa shape index (κ2) is 2.49. The van der Waals surface area contributed by atoms with E-state index in [0.717, 1.165) is 6.07 Å². The highest BCUT2D eigenvalue weighted by Crippen LogP contribution is 2.24. The molecule has 0 heterocycles. The lowest BCUT2D eigenvalue weighted by molar-refractivity contribution is 0.0690. The van der Waals surface area contributed by atoms with Gasteiger partial charge in [-0.25, -0.2) is 4.79 Å². The van der Waals surface area contributed by atoms with Gasteiger partial charge in [0.25, 0.3) is 0 Å². The van der Waals surface area contributed by atoms with Gasteiger partial charge in [0.1, 0.15) is 17.1 Å². The second-order valence-electron chi connectivity index (χ2n) is 1.89. The summed E-state index contributed by atoms with van der Waals surface area (Å²) >= 11 is 0. The fourth-order valence-corrected chi connectivity index (χ4v) is 0.687. The minimum Gasteiger partial charge on any atom is -0.507 e. The number of benzene rings is 1. The molecular weight excluding hydrogens is 148 g/mol. The van der Waals surface area contributed by atoms with Gasteiger partial charge in [0, 0.05) is 6.07 Å². The Kier molecular flexibility index (Phi) is 1.68. The lowest BCUT2D eigenvalue weighted by atomic mass is 10.2. The van der Waals surface area contributed by atoms with Crippen LogP contribution in [0.2, 0.25) is 0 Å². The monoisotopic (exact) mass is 153 g/mol. The molecule has 0 saturated heterocycles. The zero-order valence-corrected chi connectivity index (χ0v) is 5.40. The van der Waals surface area contributed by atoms with Crippen LogP contribution in [0.4, 0.5) is 0 Å². The van der Waals surface area contributed by atoms with E-state index in [0.29, 0.717) is 0 Å². The zero-order valence-electron chi connectivity index (χ0n) is 5.40. The van der Waals surface area contributed by atoms with Gasteiger partial charge >= 0.3 is 5.97 Å². The number of rotatable bonds is 1. The van der Waals surface area contributed by atoms with Crippen LogP contribution in [0.25, 0.3) is 0 Å². The Balaban J connectivity index is 3.32. The molecule has 3 N–H and O–H groups in total. The van der Waals surface area contributed by atoms with Crippen molar-refractivity contribution in [2.45, 2.75) is 0 Å². The molecule has 0 spiro atoms. The fraction of sp³-hybridized carbons (Fsp3) is 0. The van der Waals surface area contributed by atoms with Crippen LogP contribution in [0.15, 0.2) is 12.1 Å². The van der Waals surface area contributed by atoms with E-state index < -0.39 is 23.0 Å². The predicted molar refractivity (Wildman–Crippen MR) is 35.6 cm³/mol. The smallest absolute Gasteiger partial charge is 0.343 e. The van der Waals surface area contributed by atoms with Crippen LogP contribution in [0.1, 0.15) is 10.4 Å². The summed E-state index contributed by atoms with van der Waals surface area (Å²) in [5, 5.41) is 26.2. The number of aromatic carboxylic acids is 1. The van der Waals surface area contributed by atoms with E-state index >= 15 is 0 Å². The summed E-state index contributed by atoms with van der Waals surface area (Å²) in [5.41, 5.74) is -0.521. The fourth-order valence-electron chi connectivity index (χ4n) is 0.687. The summed E-state index contributed by atoms with van der Waals surface area (Å²) in [6.45, 7) is 0. The number of aromatic hydroxyl groups is 2. The number of carboxylic acids is 1. The van der Waals surface area contributed by atoms with Crippen LogP contribution in [0.5, 0.6) is 11.5 Å². The van der Waals surface area contributed by atoms with Crippen LogP contribution in [0.3, 0.4) is 0 Å². The maximum absolute atomic E-state index is 10.3. The lowest BCUT2D eigenvalue weighted by Gasteiger charge is -1.99. The van der Waals surface area contributed by atoms with Crippen molar-refractivity contribution in [3.8, 4) is 11.5 Å². The van der Waals surface area contributed by atoms with Gasteiger partial charge in [-0.05, 0) is 12.1 Å². The van der Waals surface area contributed by atoms with Crippen molar-refractivity contribution in [3.05, 3.63) is 23.8 Å². The molecule has 57 valence electrons. The van der Waals surface area contributed by atoms with Gasteiger partial charge in [0.2, 0.25) is 0 Å². The second-order valence-corrected chi connectivity index (χ2v) is 1.89. The highest BCUT2D eigenvalue weighted by Gasteiger charge is 2.13. The molecule has 4 nitrogen and oxygen atoms in total. The molecule has 1 rings (SSSR count). The lowest BCUT2D eigenvalue weighted by Crippen LogP contribution is -1.96. The number of phenols is 2. The van der Waals surface area contributed by atoms with E-state index in [1.54, 1.807) is 0 Å². The van der Waals surface area contributed by atoms with E-state index in [9.17, 15) is 4.79 Å². The zero-order chi connectivity index (χ0) is 8.43. The third kappa shape index (κ3) is 1.24. The average Bonchev–Trinajstić information content (AvgIpc) is 1.85. The number of carboxylic acid groups (broad SMARTS) is 1. The molecule has 1 aromatic carbocycles. The summed E-state index contributed by atoms with van der Waals surface area (Å²) < 4.78 is 0.